The highest BCUT2D eigenvalue weighted by molar-refractivity contribution is 7.11. The van der Waals surface area contributed by atoms with Gasteiger partial charge in [0, 0.05) is 50.6 Å². The highest BCUT2D eigenvalue weighted by Crippen LogP contribution is 2.27. The second-order valence-corrected chi connectivity index (χ2v) is 7.98. The van der Waals surface area contributed by atoms with Gasteiger partial charge in [0.1, 0.15) is 5.75 Å². The first-order chi connectivity index (χ1) is 13.1. The van der Waals surface area contributed by atoms with E-state index < -0.39 is 0 Å². The van der Waals surface area contributed by atoms with E-state index in [2.05, 4.69) is 40.9 Å². The van der Waals surface area contributed by atoms with Crippen molar-refractivity contribution in [1.82, 2.24) is 15.2 Å². The number of aromatic nitrogens is 1. The van der Waals surface area contributed by atoms with E-state index in [1.54, 1.807) is 17.4 Å². The summed E-state index contributed by atoms with van der Waals surface area (Å²) >= 11 is 1.77. The summed E-state index contributed by atoms with van der Waals surface area (Å²) in [6.07, 6.45) is 0.935. The number of benzene rings is 1. The Morgan fingerprint density at radius 3 is 2.59 bits per heavy atom. The molecule has 0 atom stereocenters. The van der Waals surface area contributed by atoms with Crippen LogP contribution in [0.1, 0.15) is 22.5 Å². The van der Waals surface area contributed by atoms with Crippen LogP contribution in [0.2, 0.25) is 0 Å². The number of anilines is 1. The maximum absolute atomic E-state index is 10.1. The third-order valence-corrected chi connectivity index (χ3v) is 5.87. The Labute approximate surface area is 165 Å². The van der Waals surface area contributed by atoms with Gasteiger partial charge in [-0.05, 0) is 32.9 Å². The van der Waals surface area contributed by atoms with Gasteiger partial charge in [-0.1, -0.05) is 12.1 Å². The number of hydrogen-bond acceptors (Lipinski definition) is 5. The molecule has 0 amide bonds. The lowest BCUT2D eigenvalue weighted by atomic mass is 10.2. The van der Waals surface area contributed by atoms with Crippen molar-refractivity contribution in [1.29, 1.82) is 0 Å². The van der Waals surface area contributed by atoms with E-state index in [0.29, 0.717) is 5.75 Å². The molecular weight excluding hydrogens is 358 g/mol. The zero-order chi connectivity index (χ0) is 19.2. The highest BCUT2D eigenvalue weighted by atomic mass is 32.1. The number of rotatable bonds is 5. The first-order valence-electron chi connectivity index (χ1n) is 9.57. The van der Waals surface area contributed by atoms with Gasteiger partial charge in [-0.3, -0.25) is 4.99 Å². The van der Waals surface area contributed by atoms with Crippen LogP contribution in [0, 0.1) is 13.8 Å². The van der Waals surface area contributed by atoms with Gasteiger partial charge in [-0.15, -0.1) is 11.3 Å². The van der Waals surface area contributed by atoms with Gasteiger partial charge in [0.15, 0.2) is 5.96 Å². The number of aliphatic imine (C=N–C) groups is 1. The van der Waals surface area contributed by atoms with E-state index in [9.17, 15) is 5.11 Å². The SMILES string of the molecule is CCNC(=NCCc1sc(C)nc1C)N1CCN(c2ccccc2O)CC1. The average molecular weight is 388 g/mol. The van der Waals surface area contributed by atoms with Crippen molar-refractivity contribution in [3.8, 4) is 5.75 Å². The lowest BCUT2D eigenvalue weighted by molar-refractivity contribution is 0.370. The maximum atomic E-state index is 10.1. The van der Waals surface area contributed by atoms with Gasteiger partial charge in [0.2, 0.25) is 0 Å². The maximum Gasteiger partial charge on any atom is 0.194 e. The molecule has 0 bridgehead atoms. The minimum absolute atomic E-state index is 0.349. The molecule has 1 aromatic heterocycles. The summed E-state index contributed by atoms with van der Waals surface area (Å²) in [5, 5.41) is 14.6. The van der Waals surface area contributed by atoms with Crippen molar-refractivity contribution >= 4 is 23.0 Å². The molecule has 6 nitrogen and oxygen atoms in total. The minimum atomic E-state index is 0.349. The molecule has 0 spiro atoms. The van der Waals surface area contributed by atoms with Crippen molar-refractivity contribution in [2.45, 2.75) is 27.2 Å². The van der Waals surface area contributed by atoms with E-state index in [-0.39, 0.29) is 0 Å². The molecule has 0 unspecified atom stereocenters. The van der Waals surface area contributed by atoms with E-state index in [1.165, 1.54) is 4.88 Å². The third-order valence-electron chi connectivity index (χ3n) is 4.74. The van der Waals surface area contributed by atoms with Crippen LogP contribution in [-0.4, -0.2) is 60.2 Å². The van der Waals surface area contributed by atoms with Gasteiger partial charge in [-0.25, -0.2) is 4.98 Å². The summed E-state index contributed by atoms with van der Waals surface area (Å²) in [7, 11) is 0. The van der Waals surface area contributed by atoms with E-state index >= 15 is 0 Å². The Morgan fingerprint density at radius 1 is 1.22 bits per heavy atom. The van der Waals surface area contributed by atoms with Gasteiger partial charge in [0.25, 0.3) is 0 Å². The second kappa shape index (κ2) is 9.08. The van der Waals surface area contributed by atoms with Crippen LogP contribution in [0.5, 0.6) is 5.75 Å². The number of nitrogens with one attached hydrogen (secondary N) is 1. The molecule has 27 heavy (non-hydrogen) atoms. The summed E-state index contributed by atoms with van der Waals surface area (Å²) < 4.78 is 0. The largest absolute Gasteiger partial charge is 0.506 e. The average Bonchev–Trinajstić information content (AvgIpc) is 2.99. The summed E-state index contributed by atoms with van der Waals surface area (Å²) in [5.74, 6) is 1.33. The fraction of sp³-hybridized carbons (Fsp3) is 0.500. The molecule has 3 rings (SSSR count). The molecule has 2 heterocycles. The Balaban J connectivity index is 1.59. The number of thiazole rings is 1. The van der Waals surface area contributed by atoms with Crippen molar-refractivity contribution < 1.29 is 5.11 Å². The predicted octanol–water partition coefficient (Wildman–Crippen LogP) is 2.80. The van der Waals surface area contributed by atoms with Crippen molar-refractivity contribution in [3.05, 3.63) is 39.8 Å². The summed E-state index contributed by atoms with van der Waals surface area (Å²) in [5.41, 5.74) is 2.05. The number of aryl methyl sites for hydroxylation is 2. The minimum Gasteiger partial charge on any atom is -0.506 e. The number of guanidine groups is 1. The molecule has 0 saturated carbocycles. The number of hydrogen-bond donors (Lipinski definition) is 2. The summed E-state index contributed by atoms with van der Waals surface area (Å²) in [6.45, 7) is 11.4. The first kappa shape index (κ1) is 19.5. The Morgan fingerprint density at radius 2 is 1.96 bits per heavy atom. The Bertz CT molecular complexity index is 780. The second-order valence-electron chi connectivity index (χ2n) is 6.69. The van der Waals surface area contributed by atoms with Crippen molar-refractivity contribution in [2.75, 3.05) is 44.2 Å². The van der Waals surface area contributed by atoms with E-state index in [0.717, 1.165) is 68.0 Å². The normalized spacial score (nSPS) is 15.3. The fourth-order valence-electron chi connectivity index (χ4n) is 3.39. The number of phenolic OH excluding ortho intramolecular Hbond substituents is 1. The molecule has 1 aliphatic heterocycles. The number of piperazine rings is 1. The topological polar surface area (TPSA) is 64.0 Å². The van der Waals surface area contributed by atoms with Crippen LogP contribution >= 0.6 is 11.3 Å². The zero-order valence-corrected chi connectivity index (χ0v) is 17.2. The molecule has 2 N–H and O–H groups in total. The van der Waals surface area contributed by atoms with Crippen LogP contribution in [0.15, 0.2) is 29.3 Å². The first-order valence-corrected chi connectivity index (χ1v) is 10.4. The van der Waals surface area contributed by atoms with Gasteiger partial charge in [0.05, 0.1) is 16.4 Å². The quantitative estimate of drug-likeness (QED) is 0.610. The monoisotopic (exact) mass is 387 g/mol. The van der Waals surface area contributed by atoms with Crippen LogP contribution < -0.4 is 10.2 Å². The van der Waals surface area contributed by atoms with Crippen molar-refractivity contribution in [2.24, 2.45) is 4.99 Å². The lowest BCUT2D eigenvalue weighted by Gasteiger charge is -2.37. The van der Waals surface area contributed by atoms with Crippen LogP contribution in [0.25, 0.3) is 0 Å². The molecule has 0 aliphatic carbocycles. The van der Waals surface area contributed by atoms with Crippen molar-refractivity contribution in [3.63, 3.8) is 0 Å². The number of phenols is 1. The fourth-order valence-corrected chi connectivity index (χ4v) is 4.31. The number of para-hydroxylation sites is 2. The highest BCUT2D eigenvalue weighted by Gasteiger charge is 2.21. The third kappa shape index (κ3) is 4.91. The lowest BCUT2D eigenvalue weighted by Crippen LogP contribution is -2.52. The molecule has 0 radical (unpaired) electrons. The summed E-state index contributed by atoms with van der Waals surface area (Å²) in [4.78, 5) is 15.2. The van der Waals surface area contributed by atoms with Crippen LogP contribution in [0.4, 0.5) is 5.69 Å². The molecule has 1 fully saturated rings. The number of nitrogens with zero attached hydrogens (tertiary/aromatic N) is 4. The Hall–Kier alpha value is -2.28. The molecule has 2 aromatic rings. The van der Waals surface area contributed by atoms with Gasteiger partial charge < -0.3 is 20.2 Å². The van der Waals surface area contributed by atoms with E-state index in [4.69, 9.17) is 4.99 Å². The smallest absolute Gasteiger partial charge is 0.194 e. The van der Waals surface area contributed by atoms with Gasteiger partial charge in [-0.2, -0.15) is 0 Å². The zero-order valence-electron chi connectivity index (χ0n) is 16.4. The molecule has 7 heteroatoms. The Kier molecular flexibility index (Phi) is 6.55. The number of aromatic hydroxyl groups is 1. The predicted molar refractivity (Wildman–Crippen MR) is 113 cm³/mol. The summed E-state index contributed by atoms with van der Waals surface area (Å²) in [6, 6.07) is 7.55. The molecule has 1 aromatic carbocycles. The van der Waals surface area contributed by atoms with E-state index in [1.807, 2.05) is 18.2 Å². The van der Waals surface area contributed by atoms with Crippen LogP contribution in [0.3, 0.4) is 0 Å². The molecule has 1 aliphatic rings. The molecule has 146 valence electrons. The standard InChI is InChI=1S/C20H29N5OS/c1-4-21-20(22-10-9-19-15(2)23-16(3)27-19)25-13-11-24(12-14-25)17-7-5-6-8-18(17)26/h5-8,26H,4,9-14H2,1-3H3,(H,21,22). The molecular formula is C20H29N5OS. The van der Waals surface area contributed by atoms with Crippen LogP contribution in [-0.2, 0) is 6.42 Å². The molecule has 1 saturated heterocycles. The van der Waals surface area contributed by atoms with Gasteiger partial charge >= 0.3 is 0 Å².